The Labute approximate surface area is 314 Å². The van der Waals surface area contributed by atoms with Crippen LogP contribution in [0.15, 0.2) is 211 Å². The minimum atomic E-state index is 0.619. The highest BCUT2D eigenvalue weighted by Gasteiger charge is 2.20. The molecule has 0 saturated carbocycles. The van der Waals surface area contributed by atoms with Gasteiger partial charge in [-0.3, -0.25) is 0 Å². The molecule has 0 radical (unpaired) electrons. The van der Waals surface area contributed by atoms with Crippen LogP contribution in [-0.2, 0) is 0 Å². The predicted octanol–water partition coefficient (Wildman–Crippen LogP) is 14.3. The molecule has 0 atom stereocenters. The molecule has 0 bridgehead atoms. The number of oxazole rings is 1. The zero-order valence-corrected chi connectivity index (χ0v) is 29.4. The molecule has 0 aliphatic rings. The first-order valence-electron chi connectivity index (χ1n) is 18.3. The van der Waals surface area contributed by atoms with Crippen LogP contribution in [0.2, 0.25) is 0 Å². The van der Waals surface area contributed by atoms with E-state index in [2.05, 4.69) is 181 Å². The average molecular weight is 691 g/mol. The monoisotopic (exact) mass is 690 g/mol. The van der Waals surface area contributed by atoms with E-state index >= 15 is 0 Å². The number of benzene rings is 9. The summed E-state index contributed by atoms with van der Waals surface area (Å²) in [5.41, 5.74) is 12.9. The van der Waals surface area contributed by atoms with Gasteiger partial charge in [-0.25, -0.2) is 4.98 Å². The van der Waals surface area contributed by atoms with Crippen molar-refractivity contribution in [1.29, 1.82) is 0 Å². The van der Waals surface area contributed by atoms with Crippen LogP contribution in [0.5, 0.6) is 0 Å². The number of para-hydroxylation sites is 1. The van der Waals surface area contributed by atoms with Gasteiger partial charge in [0.15, 0.2) is 5.58 Å². The van der Waals surface area contributed by atoms with Crippen molar-refractivity contribution in [2.75, 3.05) is 4.90 Å². The summed E-state index contributed by atoms with van der Waals surface area (Å²) in [7, 11) is 0. The SMILES string of the molecule is c1ccc(-c2nc3ccc4cc(-c5ccccc5)c5ccc(N(c6ccccc6)c6cccc(-c7ccccc7-c7ccccc7)c6)cc5c4c3o2)cc1. The molecule has 10 aromatic rings. The van der Waals surface area contributed by atoms with Gasteiger partial charge in [-0.15, -0.1) is 0 Å². The molecule has 0 spiro atoms. The van der Waals surface area contributed by atoms with Crippen molar-refractivity contribution in [2.24, 2.45) is 0 Å². The van der Waals surface area contributed by atoms with Gasteiger partial charge in [0.05, 0.1) is 0 Å². The van der Waals surface area contributed by atoms with Crippen molar-refractivity contribution in [3.8, 4) is 44.8 Å². The van der Waals surface area contributed by atoms with Gasteiger partial charge in [-0.2, -0.15) is 0 Å². The van der Waals surface area contributed by atoms with Gasteiger partial charge in [0.25, 0.3) is 0 Å². The first kappa shape index (κ1) is 31.5. The van der Waals surface area contributed by atoms with Gasteiger partial charge in [0.1, 0.15) is 5.52 Å². The van der Waals surface area contributed by atoms with Crippen LogP contribution in [0.4, 0.5) is 17.1 Å². The summed E-state index contributed by atoms with van der Waals surface area (Å²) in [6, 6.07) is 72.9. The van der Waals surface area contributed by atoms with Gasteiger partial charge in [-0.05, 0) is 110 Å². The van der Waals surface area contributed by atoms with E-state index < -0.39 is 0 Å². The maximum atomic E-state index is 6.68. The summed E-state index contributed by atoms with van der Waals surface area (Å²) in [6.45, 7) is 0. The maximum absolute atomic E-state index is 6.68. The number of hydrogen-bond acceptors (Lipinski definition) is 3. The molecular formula is C51H34N2O. The van der Waals surface area contributed by atoms with Crippen molar-refractivity contribution in [1.82, 2.24) is 4.98 Å². The number of fused-ring (bicyclic) bond motifs is 5. The van der Waals surface area contributed by atoms with Crippen molar-refractivity contribution in [3.05, 3.63) is 206 Å². The Hall–Kier alpha value is -7.23. The smallest absolute Gasteiger partial charge is 0.227 e. The van der Waals surface area contributed by atoms with Crippen LogP contribution in [0.1, 0.15) is 0 Å². The number of rotatable bonds is 7. The summed E-state index contributed by atoms with van der Waals surface area (Å²) in [5, 5.41) is 4.42. The quantitative estimate of drug-likeness (QED) is 0.156. The molecule has 3 heteroatoms. The number of aromatic nitrogens is 1. The third-order valence-corrected chi connectivity index (χ3v) is 10.3. The maximum Gasteiger partial charge on any atom is 0.227 e. The molecule has 0 fully saturated rings. The van der Waals surface area contributed by atoms with E-state index in [1.807, 2.05) is 30.3 Å². The Kier molecular flexibility index (Phi) is 7.81. The molecule has 0 unspecified atom stereocenters. The number of anilines is 3. The Morgan fingerprint density at radius 1 is 0.370 bits per heavy atom. The van der Waals surface area contributed by atoms with Crippen molar-refractivity contribution in [2.45, 2.75) is 0 Å². The summed E-state index contributed by atoms with van der Waals surface area (Å²) in [4.78, 5) is 7.32. The van der Waals surface area contributed by atoms with E-state index in [1.165, 1.54) is 27.8 Å². The van der Waals surface area contributed by atoms with Crippen molar-refractivity contribution in [3.63, 3.8) is 0 Å². The third kappa shape index (κ3) is 5.60. The third-order valence-electron chi connectivity index (χ3n) is 10.3. The zero-order chi connectivity index (χ0) is 35.8. The van der Waals surface area contributed by atoms with E-state index in [0.717, 1.165) is 60.8 Å². The van der Waals surface area contributed by atoms with E-state index in [-0.39, 0.29) is 0 Å². The van der Waals surface area contributed by atoms with Crippen LogP contribution in [0.25, 0.3) is 77.5 Å². The molecule has 0 aliphatic heterocycles. The van der Waals surface area contributed by atoms with E-state index in [1.54, 1.807) is 0 Å². The molecule has 0 saturated heterocycles. The fourth-order valence-corrected chi connectivity index (χ4v) is 7.75. The molecule has 1 heterocycles. The number of nitrogens with zero attached hydrogens (tertiary/aromatic N) is 2. The molecule has 3 nitrogen and oxygen atoms in total. The van der Waals surface area contributed by atoms with E-state index in [4.69, 9.17) is 9.40 Å². The second-order valence-electron chi connectivity index (χ2n) is 13.5. The van der Waals surface area contributed by atoms with E-state index in [9.17, 15) is 0 Å². The van der Waals surface area contributed by atoms with Crippen LogP contribution >= 0.6 is 0 Å². The van der Waals surface area contributed by atoms with Crippen LogP contribution in [0, 0.1) is 0 Å². The second-order valence-corrected chi connectivity index (χ2v) is 13.5. The van der Waals surface area contributed by atoms with Gasteiger partial charge < -0.3 is 9.32 Å². The van der Waals surface area contributed by atoms with Crippen molar-refractivity contribution < 1.29 is 4.42 Å². The fraction of sp³-hybridized carbons (Fsp3) is 0. The highest BCUT2D eigenvalue weighted by Crippen LogP contribution is 2.44. The molecule has 10 rings (SSSR count). The minimum absolute atomic E-state index is 0.619. The zero-order valence-electron chi connectivity index (χ0n) is 29.4. The first-order valence-corrected chi connectivity index (χ1v) is 18.3. The highest BCUT2D eigenvalue weighted by atomic mass is 16.3. The second kappa shape index (κ2) is 13.4. The first-order chi connectivity index (χ1) is 26.8. The minimum Gasteiger partial charge on any atom is -0.435 e. The Morgan fingerprint density at radius 2 is 0.926 bits per heavy atom. The lowest BCUT2D eigenvalue weighted by Gasteiger charge is -2.27. The van der Waals surface area contributed by atoms with Crippen LogP contribution in [-0.4, -0.2) is 4.98 Å². The lowest BCUT2D eigenvalue weighted by molar-refractivity contribution is 0.623. The fourth-order valence-electron chi connectivity index (χ4n) is 7.75. The normalized spacial score (nSPS) is 11.3. The molecule has 254 valence electrons. The summed E-state index contributed by atoms with van der Waals surface area (Å²) in [5.74, 6) is 0.619. The molecule has 0 aliphatic carbocycles. The Morgan fingerprint density at radius 3 is 1.63 bits per heavy atom. The summed E-state index contributed by atoms with van der Waals surface area (Å²) in [6.07, 6.45) is 0. The topological polar surface area (TPSA) is 29.3 Å². The molecule has 54 heavy (non-hydrogen) atoms. The molecule has 0 N–H and O–H groups in total. The van der Waals surface area contributed by atoms with Gasteiger partial charge >= 0.3 is 0 Å². The molecule has 0 amide bonds. The summed E-state index contributed by atoms with van der Waals surface area (Å²) < 4.78 is 6.68. The van der Waals surface area contributed by atoms with E-state index in [0.29, 0.717) is 5.89 Å². The predicted molar refractivity (Wildman–Crippen MR) is 225 cm³/mol. The summed E-state index contributed by atoms with van der Waals surface area (Å²) >= 11 is 0. The van der Waals surface area contributed by atoms with Gasteiger partial charge in [0.2, 0.25) is 5.89 Å². The molecule has 1 aromatic heterocycles. The van der Waals surface area contributed by atoms with Crippen molar-refractivity contribution >= 4 is 49.7 Å². The highest BCUT2D eigenvalue weighted by molar-refractivity contribution is 6.22. The van der Waals surface area contributed by atoms with Gasteiger partial charge in [0, 0.05) is 28.0 Å². The van der Waals surface area contributed by atoms with Crippen LogP contribution in [0.3, 0.4) is 0 Å². The van der Waals surface area contributed by atoms with Gasteiger partial charge in [-0.1, -0.05) is 146 Å². The molecule has 9 aromatic carbocycles. The Bertz CT molecular complexity index is 2920. The number of hydrogen-bond donors (Lipinski definition) is 0. The largest absolute Gasteiger partial charge is 0.435 e. The lowest BCUT2D eigenvalue weighted by atomic mass is 9.92. The molecular weight excluding hydrogens is 657 g/mol. The lowest BCUT2D eigenvalue weighted by Crippen LogP contribution is -2.10. The average Bonchev–Trinajstić information content (AvgIpc) is 3.70. The standard InChI is InChI=1S/C51H34N2O/c1-5-16-35(17-6-1)43-26-13-14-27-44(43)38-22-15-25-41(32-38)53(40-23-11-4-12-24-40)42-29-30-45-46(36-18-7-2-8-19-36)33-39-28-31-48-50(49(39)47(45)34-42)54-51(52-48)37-20-9-3-10-21-37/h1-34H. The van der Waals surface area contributed by atoms with Crippen LogP contribution < -0.4 is 4.90 Å². The Balaban J connectivity index is 1.21.